The van der Waals surface area contributed by atoms with Gasteiger partial charge in [0.05, 0.1) is 43.6 Å². The summed E-state index contributed by atoms with van der Waals surface area (Å²) >= 11 is 0. The molecule has 18 rings (SSSR count). The average molecular weight is 881 g/mol. The van der Waals surface area contributed by atoms with Crippen LogP contribution < -0.4 is 21.1 Å². The quantitative estimate of drug-likeness (QED) is 0.142. The van der Waals surface area contributed by atoms with E-state index in [2.05, 4.69) is 163 Å². The summed E-state index contributed by atoms with van der Waals surface area (Å²) in [5, 5.41) is 8.55. The topological polar surface area (TPSA) is 80.5 Å². The van der Waals surface area contributed by atoms with E-state index in [0.717, 1.165) is 144 Å². The molecule has 0 saturated heterocycles. The number of hydrogen-bond donors (Lipinski definition) is 0. The Labute approximate surface area is 384 Å². The fourth-order valence-electron chi connectivity index (χ4n) is 13.7. The Bertz CT molecular complexity index is 4670. The molecule has 0 fully saturated rings. The van der Waals surface area contributed by atoms with Crippen LogP contribution in [0.4, 0.5) is 0 Å². The van der Waals surface area contributed by atoms with E-state index in [4.69, 9.17) is 22.4 Å². The maximum atomic E-state index is 7.71. The lowest BCUT2D eigenvalue weighted by Crippen LogP contribution is -2.61. The number of fused-ring (bicyclic) bond motifs is 26. The molecule has 7 aromatic carbocycles. The van der Waals surface area contributed by atoms with Gasteiger partial charge in [0.1, 0.15) is 33.6 Å². The lowest BCUT2D eigenvalue weighted by atomic mass is 9.33. The van der Waals surface area contributed by atoms with Gasteiger partial charge in [-0.15, -0.1) is 0 Å². The van der Waals surface area contributed by atoms with Crippen molar-refractivity contribution >= 4 is 144 Å². The third-order valence-electron chi connectivity index (χ3n) is 15.9. The Morgan fingerprint density at radius 1 is 0.397 bits per heavy atom. The number of aromatic nitrogens is 4. The van der Waals surface area contributed by atoms with E-state index in [1.54, 1.807) is 0 Å². The Balaban J connectivity index is 1.16. The first-order valence-electron chi connectivity index (χ1n) is 23.6. The molecule has 15 aromatic rings. The lowest BCUT2D eigenvalue weighted by Gasteiger charge is -2.37. The fourth-order valence-corrected chi connectivity index (χ4v) is 13.7. The second-order valence-electron chi connectivity index (χ2n) is 21.5. The van der Waals surface area contributed by atoms with Crippen molar-refractivity contribution in [1.29, 1.82) is 0 Å². The minimum atomic E-state index is -0.289. The molecule has 0 amide bonds. The van der Waals surface area contributed by atoms with Crippen molar-refractivity contribution in [2.24, 2.45) is 0 Å². The molecule has 68 heavy (non-hydrogen) atoms. The molecular weight excluding hydrogens is 843 g/mol. The number of nitrogens with zero attached hydrogens (tertiary/aromatic N) is 4. The van der Waals surface area contributed by atoms with Crippen LogP contribution >= 0.6 is 0 Å². The first kappa shape index (κ1) is 35.0. The van der Waals surface area contributed by atoms with E-state index < -0.39 is 0 Å². The van der Waals surface area contributed by atoms with Crippen LogP contribution in [0.2, 0.25) is 0 Å². The van der Waals surface area contributed by atoms with Crippen LogP contribution in [0, 0.1) is 0 Å². The second-order valence-corrected chi connectivity index (χ2v) is 21.5. The highest BCUT2D eigenvalue weighted by molar-refractivity contribution is 7.02. The molecule has 0 atom stereocenters. The van der Waals surface area contributed by atoms with Crippen LogP contribution in [0.15, 0.2) is 133 Å². The molecular formula is C58H37BN4O5. The Morgan fingerprint density at radius 2 is 0.779 bits per heavy atom. The zero-order valence-corrected chi connectivity index (χ0v) is 37.9. The van der Waals surface area contributed by atoms with E-state index in [-0.39, 0.29) is 17.5 Å². The van der Waals surface area contributed by atoms with E-state index in [1.807, 2.05) is 12.1 Å². The summed E-state index contributed by atoms with van der Waals surface area (Å²) in [6.45, 7) is 13.7. The van der Waals surface area contributed by atoms with E-state index in [9.17, 15) is 0 Å². The van der Waals surface area contributed by atoms with Crippen molar-refractivity contribution in [3.63, 3.8) is 0 Å². The average Bonchev–Trinajstić information content (AvgIpc) is 4.20. The van der Waals surface area contributed by atoms with Crippen LogP contribution in [0.25, 0.3) is 133 Å². The van der Waals surface area contributed by atoms with Gasteiger partial charge < -0.3 is 22.4 Å². The molecule has 0 unspecified atom stereocenters. The molecule has 10 heteroatoms. The summed E-state index contributed by atoms with van der Waals surface area (Å²) in [5.41, 5.74) is 20.5. The van der Waals surface area contributed by atoms with Gasteiger partial charge in [0.2, 0.25) is 11.4 Å². The zero-order valence-electron chi connectivity index (χ0n) is 37.9. The number of furan rings is 4. The van der Waals surface area contributed by atoms with Gasteiger partial charge in [0.15, 0.2) is 22.7 Å². The van der Waals surface area contributed by atoms with Crippen LogP contribution in [0.3, 0.4) is 0 Å². The third-order valence-corrected chi connectivity index (χ3v) is 15.9. The van der Waals surface area contributed by atoms with Gasteiger partial charge in [0.25, 0.3) is 6.71 Å². The summed E-state index contributed by atoms with van der Waals surface area (Å²) in [5.74, 6) is 1.45. The summed E-state index contributed by atoms with van der Waals surface area (Å²) in [6.07, 6.45) is 0. The van der Waals surface area contributed by atoms with Crippen molar-refractivity contribution in [2.45, 2.75) is 52.4 Å². The predicted octanol–water partition coefficient (Wildman–Crippen LogP) is 13.5. The highest BCUT2D eigenvalue weighted by Crippen LogP contribution is 2.55. The van der Waals surface area contributed by atoms with Crippen LogP contribution in [-0.2, 0) is 10.8 Å². The molecule has 0 N–H and O–H groups in total. The highest BCUT2D eigenvalue weighted by Gasteiger charge is 2.51. The van der Waals surface area contributed by atoms with Gasteiger partial charge in [-0.25, -0.2) is 0 Å². The van der Waals surface area contributed by atoms with Crippen LogP contribution in [0.5, 0.6) is 11.5 Å². The Hall–Kier alpha value is -8.24. The van der Waals surface area contributed by atoms with Gasteiger partial charge in [0, 0.05) is 55.0 Å². The minimum Gasteiger partial charge on any atom is -0.452 e. The SMILES string of the molecule is CC(C)(C)c1c2c3ccccc3oc2n2c3c4c(oc5ccccc54)c4c5c3n(c12)-c1cccc2c1B5c1c(c3oc5ccccc5c3c3c1n-2c1c(C(C)(C)C)c2c5ccccc5oc2n31)O4. The summed E-state index contributed by atoms with van der Waals surface area (Å²) in [6, 6.07) is 40.7. The molecule has 0 saturated carbocycles. The van der Waals surface area contributed by atoms with Gasteiger partial charge in [-0.3, -0.25) is 17.9 Å². The fraction of sp³-hybridized carbons (Fsp3) is 0.138. The number of para-hydroxylation sites is 4. The van der Waals surface area contributed by atoms with Crippen LogP contribution in [-0.4, -0.2) is 24.6 Å². The normalized spacial score (nSPS) is 14.4. The molecule has 3 aliphatic rings. The second kappa shape index (κ2) is 10.6. The van der Waals surface area contributed by atoms with Gasteiger partial charge >= 0.3 is 0 Å². The monoisotopic (exact) mass is 880 g/mol. The molecule has 3 aliphatic heterocycles. The number of ether oxygens (including phenoxy) is 1. The molecule has 0 radical (unpaired) electrons. The molecule has 322 valence electrons. The van der Waals surface area contributed by atoms with Crippen molar-refractivity contribution in [1.82, 2.24) is 17.9 Å². The standard InChI is InChI=1S/C58H37BN4O5/c1-57(2,3)40-36-26-16-7-13-24-34(26)66-55(36)62-45-38-28-18-9-11-22-32(28)64-49(38)51-43-47(45)60(53(40)62)30-20-15-21-31-42(30)59(43)44-48-46(39-29-19-10-12-23-33(29)65-50(39)52(44)68-51)63-54(61(31)48)41(58(4,5)6)37-27-17-8-14-25-35(27)67-56(37)63/h7-25H,1-6H3. The smallest absolute Gasteiger partial charge is 0.262 e. The predicted molar refractivity (Wildman–Crippen MR) is 273 cm³/mol. The maximum absolute atomic E-state index is 7.71. The number of rotatable bonds is 0. The van der Waals surface area contributed by atoms with E-state index in [1.165, 1.54) is 16.6 Å². The van der Waals surface area contributed by atoms with Crippen LogP contribution in [0.1, 0.15) is 52.7 Å². The lowest BCUT2D eigenvalue weighted by molar-refractivity contribution is 0.476. The third kappa shape index (κ3) is 3.53. The summed E-state index contributed by atoms with van der Waals surface area (Å²) in [7, 11) is 0. The molecule has 0 bridgehead atoms. The molecule has 0 spiro atoms. The van der Waals surface area contributed by atoms with Gasteiger partial charge in [-0.2, -0.15) is 0 Å². The summed E-state index contributed by atoms with van der Waals surface area (Å²) < 4.78 is 46.1. The van der Waals surface area contributed by atoms with Crippen molar-refractivity contribution in [2.75, 3.05) is 0 Å². The highest BCUT2D eigenvalue weighted by atomic mass is 16.5. The molecule has 8 aromatic heterocycles. The molecule has 9 nitrogen and oxygen atoms in total. The Morgan fingerprint density at radius 3 is 1.19 bits per heavy atom. The van der Waals surface area contributed by atoms with Crippen molar-refractivity contribution in [3.8, 4) is 22.9 Å². The summed E-state index contributed by atoms with van der Waals surface area (Å²) in [4.78, 5) is 0. The number of benzene rings is 7. The van der Waals surface area contributed by atoms with Gasteiger partial charge in [-0.1, -0.05) is 120 Å². The zero-order chi connectivity index (χ0) is 44.8. The van der Waals surface area contributed by atoms with E-state index in [0.29, 0.717) is 11.2 Å². The minimum absolute atomic E-state index is 0.243. The number of hydrogen-bond acceptors (Lipinski definition) is 5. The first-order valence-corrected chi connectivity index (χ1v) is 23.6. The largest absolute Gasteiger partial charge is 0.452 e. The van der Waals surface area contributed by atoms with Gasteiger partial charge in [-0.05, 0) is 52.7 Å². The van der Waals surface area contributed by atoms with Crippen molar-refractivity contribution < 1.29 is 22.4 Å². The maximum Gasteiger partial charge on any atom is 0.262 e. The van der Waals surface area contributed by atoms with E-state index >= 15 is 0 Å². The number of imidazole rings is 2. The molecule has 11 heterocycles. The first-order chi connectivity index (χ1) is 33.1. The molecule has 0 aliphatic carbocycles. The van der Waals surface area contributed by atoms with Crippen molar-refractivity contribution in [3.05, 3.63) is 126 Å². The Kier molecular flexibility index (Phi) is 5.48.